The first-order chi connectivity index (χ1) is 8.82. The van der Waals surface area contributed by atoms with E-state index in [1.165, 1.54) is 7.11 Å². The molecule has 1 saturated carbocycles. The zero-order chi connectivity index (χ0) is 14.3. The summed E-state index contributed by atoms with van der Waals surface area (Å²) in [6.07, 6.45) is 0. The van der Waals surface area contributed by atoms with Crippen LogP contribution >= 0.6 is 0 Å². The Morgan fingerprint density at radius 1 is 1.21 bits per heavy atom. The van der Waals surface area contributed by atoms with Crippen molar-refractivity contribution in [2.75, 3.05) is 13.7 Å². The van der Waals surface area contributed by atoms with Gasteiger partial charge in [-0.25, -0.2) is 4.39 Å². The third kappa shape index (κ3) is 2.36. The van der Waals surface area contributed by atoms with Crippen LogP contribution in [0.2, 0.25) is 0 Å². The minimum absolute atomic E-state index is 0.258. The lowest BCUT2D eigenvalue weighted by Crippen LogP contribution is -2.19. The molecule has 0 aromatic heterocycles. The molecule has 0 unspecified atom stereocenters. The van der Waals surface area contributed by atoms with Crippen LogP contribution in [0.5, 0.6) is 5.75 Å². The van der Waals surface area contributed by atoms with Gasteiger partial charge in [0.25, 0.3) is 0 Å². The molecule has 19 heavy (non-hydrogen) atoms. The highest BCUT2D eigenvalue weighted by Gasteiger charge is 2.63. The number of hydrogen-bond acceptors (Lipinski definition) is 2. The maximum Gasteiger partial charge on any atom is 0.169 e. The molecule has 0 aliphatic heterocycles. The molecule has 1 aromatic carbocycles. The molecule has 2 nitrogen and oxygen atoms in total. The SMILES string of the molecule is COc1cccc(CNCC2C(C)(C)C2(C)C)c1F. The van der Waals surface area contributed by atoms with E-state index in [0.717, 1.165) is 6.54 Å². The first kappa shape index (κ1) is 14.3. The van der Waals surface area contributed by atoms with Crippen LogP contribution in [0.1, 0.15) is 33.3 Å². The maximum absolute atomic E-state index is 14.0. The van der Waals surface area contributed by atoms with Gasteiger partial charge < -0.3 is 10.1 Å². The molecule has 1 fully saturated rings. The van der Waals surface area contributed by atoms with E-state index in [9.17, 15) is 4.39 Å². The standard InChI is InChI=1S/C16H24FNO/c1-15(2)13(16(15,3)4)10-18-9-11-7-6-8-12(19-5)14(11)17/h6-8,13,18H,9-10H2,1-5H3. The summed E-state index contributed by atoms with van der Waals surface area (Å²) < 4.78 is 18.9. The average Bonchev–Trinajstić information content (AvgIpc) is 2.73. The Morgan fingerprint density at radius 2 is 1.84 bits per heavy atom. The van der Waals surface area contributed by atoms with Gasteiger partial charge >= 0.3 is 0 Å². The topological polar surface area (TPSA) is 21.3 Å². The van der Waals surface area contributed by atoms with Crippen molar-refractivity contribution in [1.29, 1.82) is 0 Å². The van der Waals surface area contributed by atoms with Gasteiger partial charge in [-0.05, 0) is 29.4 Å². The van der Waals surface area contributed by atoms with Crippen LogP contribution in [-0.4, -0.2) is 13.7 Å². The Labute approximate surface area is 115 Å². The van der Waals surface area contributed by atoms with Crippen molar-refractivity contribution < 1.29 is 9.13 Å². The summed E-state index contributed by atoms with van der Waals surface area (Å²) >= 11 is 0. The van der Waals surface area contributed by atoms with Gasteiger partial charge in [-0.2, -0.15) is 0 Å². The number of nitrogens with one attached hydrogen (secondary N) is 1. The Hall–Kier alpha value is -1.09. The number of hydrogen-bond donors (Lipinski definition) is 1. The van der Waals surface area contributed by atoms with Crippen LogP contribution in [0.25, 0.3) is 0 Å². The molecule has 0 bridgehead atoms. The van der Waals surface area contributed by atoms with E-state index in [4.69, 9.17) is 4.74 Å². The van der Waals surface area contributed by atoms with Crippen LogP contribution in [0.3, 0.4) is 0 Å². The lowest BCUT2D eigenvalue weighted by Gasteiger charge is -2.09. The maximum atomic E-state index is 14.0. The molecular weight excluding hydrogens is 241 g/mol. The van der Waals surface area contributed by atoms with Crippen molar-refractivity contribution in [3.63, 3.8) is 0 Å². The van der Waals surface area contributed by atoms with Gasteiger partial charge in [0.2, 0.25) is 0 Å². The molecule has 3 heteroatoms. The highest BCUT2D eigenvalue weighted by molar-refractivity contribution is 5.31. The lowest BCUT2D eigenvalue weighted by atomic mass is 10.0. The van der Waals surface area contributed by atoms with Gasteiger partial charge in [-0.15, -0.1) is 0 Å². The molecule has 0 spiro atoms. The monoisotopic (exact) mass is 265 g/mol. The summed E-state index contributed by atoms with van der Waals surface area (Å²) in [6, 6.07) is 5.27. The predicted molar refractivity (Wildman–Crippen MR) is 75.7 cm³/mol. The van der Waals surface area contributed by atoms with Gasteiger partial charge in [0.15, 0.2) is 11.6 Å². The summed E-state index contributed by atoms with van der Waals surface area (Å²) in [5.41, 5.74) is 1.40. The largest absolute Gasteiger partial charge is 0.494 e. The van der Waals surface area contributed by atoms with Gasteiger partial charge in [0.1, 0.15) is 0 Å². The summed E-state index contributed by atoms with van der Waals surface area (Å²) in [5.74, 6) is 0.701. The molecule has 1 aliphatic carbocycles. The van der Waals surface area contributed by atoms with E-state index >= 15 is 0 Å². The minimum Gasteiger partial charge on any atom is -0.494 e. The van der Waals surface area contributed by atoms with Crippen molar-refractivity contribution in [2.45, 2.75) is 34.2 Å². The number of ether oxygens (including phenoxy) is 1. The molecule has 0 saturated heterocycles. The van der Waals surface area contributed by atoms with E-state index in [2.05, 4.69) is 33.0 Å². The van der Waals surface area contributed by atoms with Crippen LogP contribution in [0.15, 0.2) is 18.2 Å². The Kier molecular flexibility index (Phi) is 3.61. The summed E-state index contributed by atoms with van der Waals surface area (Å²) in [6.45, 7) is 10.7. The van der Waals surface area contributed by atoms with E-state index in [1.54, 1.807) is 12.1 Å². The first-order valence-corrected chi connectivity index (χ1v) is 6.84. The number of methoxy groups -OCH3 is 1. The van der Waals surface area contributed by atoms with Gasteiger partial charge in [-0.1, -0.05) is 39.8 Å². The molecule has 1 aromatic rings. The Morgan fingerprint density at radius 3 is 2.37 bits per heavy atom. The fourth-order valence-electron chi connectivity index (χ4n) is 3.05. The molecule has 0 radical (unpaired) electrons. The second kappa shape index (κ2) is 4.78. The molecule has 106 valence electrons. The summed E-state index contributed by atoms with van der Waals surface area (Å²) in [4.78, 5) is 0. The molecule has 2 rings (SSSR count). The van der Waals surface area contributed by atoms with Gasteiger partial charge in [-0.3, -0.25) is 0 Å². The fraction of sp³-hybridized carbons (Fsp3) is 0.625. The van der Waals surface area contributed by atoms with Crippen molar-refractivity contribution >= 4 is 0 Å². The highest BCUT2D eigenvalue weighted by atomic mass is 19.1. The summed E-state index contributed by atoms with van der Waals surface area (Å²) in [7, 11) is 1.49. The predicted octanol–water partition coefficient (Wildman–Crippen LogP) is 3.61. The smallest absolute Gasteiger partial charge is 0.169 e. The lowest BCUT2D eigenvalue weighted by molar-refractivity contribution is 0.383. The van der Waals surface area contributed by atoms with Crippen molar-refractivity contribution in [1.82, 2.24) is 5.32 Å². The first-order valence-electron chi connectivity index (χ1n) is 6.84. The molecule has 1 aliphatic rings. The number of rotatable bonds is 5. The van der Waals surface area contributed by atoms with Crippen LogP contribution in [-0.2, 0) is 6.54 Å². The molecule has 0 amide bonds. The van der Waals surface area contributed by atoms with E-state index < -0.39 is 0 Å². The fourth-order valence-corrected chi connectivity index (χ4v) is 3.05. The molecule has 1 N–H and O–H groups in total. The number of halogens is 1. The van der Waals surface area contributed by atoms with Crippen LogP contribution in [0, 0.1) is 22.6 Å². The number of benzene rings is 1. The second-order valence-electron chi connectivity index (χ2n) is 6.56. The molecule has 0 atom stereocenters. The summed E-state index contributed by atoms with van der Waals surface area (Å²) in [5, 5.41) is 3.37. The van der Waals surface area contributed by atoms with E-state index in [-0.39, 0.29) is 5.82 Å². The normalized spacial score (nSPS) is 20.3. The van der Waals surface area contributed by atoms with Gasteiger partial charge in [0.05, 0.1) is 7.11 Å². The van der Waals surface area contributed by atoms with Crippen molar-refractivity contribution in [3.8, 4) is 5.75 Å². The Balaban J connectivity index is 1.91. The quantitative estimate of drug-likeness (QED) is 0.878. The van der Waals surface area contributed by atoms with Crippen LogP contribution < -0.4 is 10.1 Å². The Bertz CT molecular complexity index is 454. The third-order valence-corrected chi connectivity index (χ3v) is 5.25. The van der Waals surface area contributed by atoms with E-state index in [0.29, 0.717) is 34.6 Å². The highest BCUT2D eigenvalue weighted by Crippen LogP contribution is 2.67. The van der Waals surface area contributed by atoms with Crippen molar-refractivity contribution in [3.05, 3.63) is 29.6 Å². The average molecular weight is 265 g/mol. The zero-order valence-corrected chi connectivity index (χ0v) is 12.5. The second-order valence-corrected chi connectivity index (χ2v) is 6.56. The molecular formula is C16H24FNO. The molecule has 0 heterocycles. The van der Waals surface area contributed by atoms with Gasteiger partial charge in [0, 0.05) is 12.1 Å². The zero-order valence-electron chi connectivity index (χ0n) is 12.5. The van der Waals surface area contributed by atoms with E-state index in [1.807, 2.05) is 6.07 Å². The van der Waals surface area contributed by atoms with Crippen molar-refractivity contribution in [2.24, 2.45) is 16.7 Å². The third-order valence-electron chi connectivity index (χ3n) is 5.25. The van der Waals surface area contributed by atoms with Crippen LogP contribution in [0.4, 0.5) is 4.39 Å². The minimum atomic E-state index is -0.258.